The monoisotopic (exact) mass is 347 g/mol. The first-order chi connectivity index (χ1) is 8.26. The summed E-state index contributed by atoms with van der Waals surface area (Å²) >= 11 is 1.83. The van der Waals surface area contributed by atoms with Gasteiger partial charge in [0.2, 0.25) is 0 Å². The molecule has 1 aliphatic heterocycles. The summed E-state index contributed by atoms with van der Waals surface area (Å²) in [5, 5.41) is 0. The minimum absolute atomic E-state index is 0.0955. The van der Waals surface area contributed by atoms with E-state index in [0.717, 1.165) is 23.4 Å². The lowest BCUT2D eigenvalue weighted by Crippen LogP contribution is -2.22. The molecule has 4 nitrogen and oxygen atoms in total. The summed E-state index contributed by atoms with van der Waals surface area (Å²) in [5.74, 6) is 0.821. The van der Waals surface area contributed by atoms with Crippen molar-refractivity contribution in [3.63, 3.8) is 0 Å². The fraction of sp³-hybridized carbons (Fsp3) is 0.417. The maximum absolute atomic E-state index is 12.0. The molecule has 0 radical (unpaired) electrons. The van der Waals surface area contributed by atoms with Gasteiger partial charge in [-0.3, -0.25) is 4.79 Å². The van der Waals surface area contributed by atoms with Gasteiger partial charge in [-0.15, -0.1) is 0 Å². The average molecular weight is 347 g/mol. The third kappa shape index (κ3) is 2.71. The third-order valence-electron chi connectivity index (χ3n) is 2.77. The molecule has 0 unspecified atom stereocenters. The average Bonchev–Trinajstić information content (AvgIpc) is 2.67. The first-order valence-electron chi connectivity index (χ1n) is 5.54. The number of hydrogen-bond donors (Lipinski definition) is 0. The smallest absolute Gasteiger partial charge is 0.254 e. The highest BCUT2D eigenvalue weighted by Gasteiger charge is 2.26. The molecule has 17 heavy (non-hydrogen) atoms. The van der Waals surface area contributed by atoms with Gasteiger partial charge in [-0.25, -0.2) is 0 Å². The molecule has 1 aliphatic rings. The van der Waals surface area contributed by atoms with Crippen molar-refractivity contribution in [3.05, 3.63) is 29.3 Å². The Labute approximate surface area is 115 Å². The van der Waals surface area contributed by atoms with E-state index in [2.05, 4.69) is 0 Å². The van der Waals surface area contributed by atoms with Crippen LogP contribution in [0.15, 0.2) is 18.2 Å². The van der Waals surface area contributed by atoms with Crippen molar-refractivity contribution in [2.24, 2.45) is 0 Å². The van der Waals surface area contributed by atoms with E-state index in [4.69, 9.17) is 7.80 Å². The maximum Gasteiger partial charge on any atom is 0.254 e. The van der Waals surface area contributed by atoms with Gasteiger partial charge in [-0.05, 0) is 24.6 Å². The van der Waals surface area contributed by atoms with Gasteiger partial charge >= 0.3 is 0 Å². The summed E-state index contributed by atoms with van der Waals surface area (Å²) in [6, 6.07) is 5.68. The molecule has 1 heterocycles. The molecule has 0 atom stereocenters. The second-order valence-electron chi connectivity index (χ2n) is 3.80. The zero-order valence-corrected chi connectivity index (χ0v) is 11.8. The minimum atomic E-state index is 0.0955. The van der Waals surface area contributed by atoms with Crippen molar-refractivity contribution in [2.75, 3.05) is 19.8 Å². The topological polar surface area (TPSA) is 38.8 Å². The van der Waals surface area contributed by atoms with Gasteiger partial charge < -0.3 is 12.7 Å². The predicted molar refractivity (Wildman–Crippen MR) is 72.3 cm³/mol. The van der Waals surface area contributed by atoms with Crippen molar-refractivity contribution in [3.8, 4) is 5.75 Å². The van der Waals surface area contributed by atoms with Crippen LogP contribution >= 0.6 is 23.0 Å². The molecule has 1 aromatic rings. The predicted octanol–water partition coefficient (Wildman–Crippen LogP) is 2.41. The van der Waals surface area contributed by atoms with Gasteiger partial charge in [0.1, 0.15) is 35.4 Å². The minimum Gasteiger partial charge on any atom is -0.491 e. The first-order valence-corrected chi connectivity index (χ1v) is 6.43. The van der Waals surface area contributed by atoms with Crippen molar-refractivity contribution >= 4 is 28.9 Å². The number of halogens is 1. The van der Waals surface area contributed by atoms with Crippen LogP contribution in [0.3, 0.4) is 0 Å². The van der Waals surface area contributed by atoms with Crippen molar-refractivity contribution in [1.29, 1.82) is 0 Å². The summed E-state index contributed by atoms with van der Waals surface area (Å²) in [4.78, 5) is 13.8. The van der Waals surface area contributed by atoms with Crippen LogP contribution in [0.1, 0.15) is 22.8 Å². The number of amides is 1. The number of nitrogens with zero attached hydrogens (tertiary/aromatic N) is 1. The zero-order chi connectivity index (χ0) is 12.3. The molecular weight excluding hydrogens is 333 g/mol. The highest BCUT2D eigenvalue weighted by molar-refractivity contribution is 14.1. The number of rotatable bonds is 5. The highest BCUT2D eigenvalue weighted by atomic mass is 127. The lowest BCUT2D eigenvalue weighted by Gasteiger charge is -2.10. The number of carbonyl (C=O) groups is 1. The molecule has 92 valence electrons. The Morgan fingerprint density at radius 2 is 2.24 bits per heavy atom. The molecule has 1 aromatic carbocycles. The molecule has 0 saturated heterocycles. The third-order valence-corrected chi connectivity index (χ3v) is 3.21. The van der Waals surface area contributed by atoms with Crippen molar-refractivity contribution < 1.29 is 12.6 Å². The quantitative estimate of drug-likeness (QED) is 0.607. The van der Waals surface area contributed by atoms with Crippen LogP contribution in [-0.4, -0.2) is 30.6 Å². The van der Waals surface area contributed by atoms with E-state index < -0.39 is 0 Å². The van der Waals surface area contributed by atoms with E-state index in [1.54, 1.807) is 0 Å². The molecule has 0 fully saturated rings. The molecule has 5 heteroatoms. The molecule has 2 rings (SSSR count). The molecule has 0 aromatic heterocycles. The Morgan fingerprint density at radius 1 is 1.41 bits per heavy atom. The normalized spacial score (nSPS) is 14.0. The molecule has 0 bridgehead atoms. The van der Waals surface area contributed by atoms with E-state index in [-0.39, 0.29) is 5.91 Å². The van der Waals surface area contributed by atoms with E-state index in [0.29, 0.717) is 19.8 Å². The molecule has 0 aliphatic carbocycles. The van der Waals surface area contributed by atoms with Gasteiger partial charge in [0.25, 0.3) is 5.91 Å². The maximum atomic E-state index is 12.0. The number of hydrogen-bond acceptors (Lipinski definition) is 3. The summed E-state index contributed by atoms with van der Waals surface area (Å²) in [5.41, 5.74) is 1.84. The fourth-order valence-electron chi connectivity index (χ4n) is 1.88. The molecule has 1 amide bonds. The van der Waals surface area contributed by atoms with Crippen LogP contribution in [0.2, 0.25) is 0 Å². The summed E-state index contributed by atoms with van der Waals surface area (Å²) in [6.07, 6.45) is 0. The van der Waals surface area contributed by atoms with Gasteiger partial charge in [0, 0.05) is 18.7 Å². The van der Waals surface area contributed by atoms with E-state index in [1.807, 2.05) is 53.0 Å². The number of benzene rings is 1. The Hall–Kier alpha value is -0.820. The second kappa shape index (κ2) is 5.68. The molecule has 0 saturated carbocycles. The summed E-state index contributed by atoms with van der Waals surface area (Å²) < 4.78 is 10.4. The van der Waals surface area contributed by atoms with Crippen LogP contribution in [0.4, 0.5) is 0 Å². The van der Waals surface area contributed by atoms with Gasteiger partial charge in [-0.1, -0.05) is 6.07 Å². The van der Waals surface area contributed by atoms with Crippen molar-refractivity contribution in [1.82, 2.24) is 4.90 Å². The highest BCUT2D eigenvalue weighted by Crippen LogP contribution is 2.26. The SMILES string of the molecule is CCN1Cc2ccc(OCCOI)cc2C1=O. The van der Waals surface area contributed by atoms with Gasteiger partial charge in [0.05, 0.1) is 6.61 Å². The summed E-state index contributed by atoms with van der Waals surface area (Å²) in [7, 11) is 0. The largest absolute Gasteiger partial charge is 0.491 e. The summed E-state index contributed by atoms with van der Waals surface area (Å²) in [6.45, 7) is 4.47. The lowest BCUT2D eigenvalue weighted by molar-refractivity contribution is 0.0787. The van der Waals surface area contributed by atoms with E-state index >= 15 is 0 Å². The Kier molecular flexibility index (Phi) is 4.22. The standard InChI is InChI=1S/C12H14INO3/c1-2-14-8-9-3-4-10(16-5-6-17-13)7-11(9)12(14)15/h3-4,7H,2,5-6,8H2,1H3. The van der Waals surface area contributed by atoms with Crippen LogP contribution < -0.4 is 4.74 Å². The van der Waals surface area contributed by atoms with Crippen LogP contribution in [-0.2, 0) is 9.61 Å². The Bertz CT molecular complexity index is 422. The second-order valence-corrected chi connectivity index (χ2v) is 4.42. The van der Waals surface area contributed by atoms with Crippen LogP contribution in [0.5, 0.6) is 5.75 Å². The lowest BCUT2D eigenvalue weighted by atomic mass is 10.1. The van der Waals surface area contributed by atoms with Gasteiger partial charge in [-0.2, -0.15) is 0 Å². The van der Waals surface area contributed by atoms with Crippen LogP contribution in [0, 0.1) is 0 Å². The van der Waals surface area contributed by atoms with Crippen molar-refractivity contribution in [2.45, 2.75) is 13.5 Å². The number of fused-ring (bicyclic) bond motifs is 1. The Balaban J connectivity index is 2.10. The van der Waals surface area contributed by atoms with Gasteiger partial charge in [0.15, 0.2) is 0 Å². The first kappa shape index (κ1) is 12.6. The molecule has 0 N–H and O–H groups in total. The Morgan fingerprint density at radius 3 is 2.94 bits per heavy atom. The van der Waals surface area contributed by atoms with E-state index in [1.165, 1.54) is 0 Å². The fourth-order valence-corrected chi connectivity index (χ4v) is 2.06. The zero-order valence-electron chi connectivity index (χ0n) is 9.61. The molecule has 0 spiro atoms. The molecular formula is C12H14INO3. The number of carbonyl (C=O) groups excluding carboxylic acids is 1. The number of ether oxygens (including phenoxy) is 1. The van der Waals surface area contributed by atoms with E-state index in [9.17, 15) is 4.79 Å². The van der Waals surface area contributed by atoms with Crippen LogP contribution in [0.25, 0.3) is 0 Å².